The van der Waals surface area contributed by atoms with Crippen molar-refractivity contribution in [2.24, 2.45) is 0 Å². The Labute approximate surface area is 143 Å². The second-order valence-corrected chi connectivity index (χ2v) is 6.00. The van der Waals surface area contributed by atoms with Crippen LogP contribution in [0.25, 0.3) is 0 Å². The predicted octanol–water partition coefficient (Wildman–Crippen LogP) is 3.50. The first-order valence-electron chi connectivity index (χ1n) is 6.67. The summed E-state index contributed by atoms with van der Waals surface area (Å²) in [6.07, 6.45) is 2.91. The molecule has 0 aliphatic carbocycles. The van der Waals surface area contributed by atoms with Crippen LogP contribution in [0.2, 0.25) is 0 Å². The number of hydrogen-bond donors (Lipinski definition) is 0. The summed E-state index contributed by atoms with van der Waals surface area (Å²) < 4.78 is 4.78. The van der Waals surface area contributed by atoms with Gasteiger partial charge in [0.2, 0.25) is 5.95 Å². The van der Waals surface area contributed by atoms with Gasteiger partial charge < -0.3 is 4.74 Å². The standard InChI is InChI=1S/C15H16N4O2S2/c1-4-10-19(15(20)21-2)12-16-13(22-3)18-14(17-12)23-11-8-6-5-7-9-11/h4-9H,1,10H2,2-3H3. The molecule has 0 saturated carbocycles. The third-order valence-electron chi connectivity index (χ3n) is 2.67. The fraction of sp³-hybridized carbons (Fsp3) is 0.200. The molecule has 23 heavy (non-hydrogen) atoms. The van der Waals surface area contributed by atoms with Crippen LogP contribution in [0.4, 0.5) is 10.7 Å². The van der Waals surface area contributed by atoms with E-state index in [9.17, 15) is 4.79 Å². The zero-order valence-corrected chi connectivity index (χ0v) is 14.4. The summed E-state index contributed by atoms with van der Waals surface area (Å²) in [6.45, 7) is 3.89. The van der Waals surface area contributed by atoms with Gasteiger partial charge in [-0.15, -0.1) is 6.58 Å². The van der Waals surface area contributed by atoms with Crippen molar-refractivity contribution in [1.29, 1.82) is 0 Å². The van der Waals surface area contributed by atoms with Crippen molar-refractivity contribution in [2.75, 3.05) is 24.8 Å². The lowest BCUT2D eigenvalue weighted by Crippen LogP contribution is -2.32. The Hall–Kier alpha value is -2.06. The molecule has 0 N–H and O–H groups in total. The van der Waals surface area contributed by atoms with Crippen LogP contribution < -0.4 is 4.90 Å². The van der Waals surface area contributed by atoms with Gasteiger partial charge in [0, 0.05) is 4.90 Å². The molecule has 8 heteroatoms. The van der Waals surface area contributed by atoms with Gasteiger partial charge in [0.05, 0.1) is 13.7 Å². The molecule has 0 aliphatic heterocycles. The molecular formula is C15H16N4O2S2. The summed E-state index contributed by atoms with van der Waals surface area (Å²) in [7, 11) is 1.31. The van der Waals surface area contributed by atoms with E-state index in [1.807, 2.05) is 36.6 Å². The monoisotopic (exact) mass is 348 g/mol. The molecule has 1 amide bonds. The second kappa shape index (κ2) is 8.54. The molecule has 2 aromatic rings. The maximum absolute atomic E-state index is 11.9. The predicted molar refractivity (Wildman–Crippen MR) is 92.1 cm³/mol. The summed E-state index contributed by atoms with van der Waals surface area (Å²) in [5.41, 5.74) is 0. The number of thioether (sulfide) groups is 1. The lowest BCUT2D eigenvalue weighted by Gasteiger charge is -2.18. The summed E-state index contributed by atoms with van der Waals surface area (Å²) in [6, 6.07) is 9.76. The fourth-order valence-electron chi connectivity index (χ4n) is 1.66. The van der Waals surface area contributed by atoms with Crippen molar-refractivity contribution in [3.63, 3.8) is 0 Å². The molecule has 0 radical (unpaired) electrons. The van der Waals surface area contributed by atoms with Crippen molar-refractivity contribution in [3.8, 4) is 0 Å². The first kappa shape index (κ1) is 17.3. The third-order valence-corrected chi connectivity index (χ3v) is 4.09. The maximum Gasteiger partial charge on any atom is 0.416 e. The largest absolute Gasteiger partial charge is 0.452 e. The lowest BCUT2D eigenvalue weighted by molar-refractivity contribution is 0.179. The van der Waals surface area contributed by atoms with E-state index >= 15 is 0 Å². The highest BCUT2D eigenvalue weighted by atomic mass is 32.2. The molecule has 1 heterocycles. The highest BCUT2D eigenvalue weighted by Gasteiger charge is 2.20. The zero-order chi connectivity index (χ0) is 16.7. The van der Waals surface area contributed by atoms with E-state index in [2.05, 4.69) is 21.5 Å². The van der Waals surface area contributed by atoms with Gasteiger partial charge in [-0.1, -0.05) is 36.0 Å². The molecule has 0 spiro atoms. The molecule has 1 aromatic carbocycles. The summed E-state index contributed by atoms with van der Waals surface area (Å²) in [5, 5.41) is 1.05. The van der Waals surface area contributed by atoms with Crippen LogP contribution in [-0.4, -0.2) is 41.0 Å². The van der Waals surface area contributed by atoms with Crippen molar-refractivity contribution in [1.82, 2.24) is 15.0 Å². The molecular weight excluding hydrogens is 332 g/mol. The number of nitrogens with zero attached hydrogens (tertiary/aromatic N) is 4. The number of rotatable bonds is 6. The highest BCUT2D eigenvalue weighted by Crippen LogP contribution is 2.27. The van der Waals surface area contributed by atoms with Crippen LogP contribution in [0.5, 0.6) is 0 Å². The number of methoxy groups -OCH3 is 1. The van der Waals surface area contributed by atoms with Crippen molar-refractivity contribution < 1.29 is 9.53 Å². The average Bonchev–Trinajstić information content (AvgIpc) is 2.59. The van der Waals surface area contributed by atoms with Crippen LogP contribution in [0.1, 0.15) is 0 Å². The number of aromatic nitrogens is 3. The minimum atomic E-state index is -0.543. The molecule has 0 aliphatic rings. The zero-order valence-electron chi connectivity index (χ0n) is 12.8. The van der Waals surface area contributed by atoms with Crippen LogP contribution in [0.15, 0.2) is 58.2 Å². The van der Waals surface area contributed by atoms with E-state index < -0.39 is 6.09 Å². The summed E-state index contributed by atoms with van der Waals surface area (Å²) in [4.78, 5) is 27.3. The first-order valence-corrected chi connectivity index (χ1v) is 8.71. The Balaban J connectivity index is 2.37. The maximum atomic E-state index is 11.9. The van der Waals surface area contributed by atoms with E-state index in [4.69, 9.17) is 4.74 Å². The van der Waals surface area contributed by atoms with Gasteiger partial charge in [-0.2, -0.15) is 15.0 Å². The number of hydrogen-bond acceptors (Lipinski definition) is 7. The molecule has 0 fully saturated rings. The van der Waals surface area contributed by atoms with Gasteiger partial charge in [0.25, 0.3) is 0 Å². The average molecular weight is 348 g/mol. The molecule has 1 aromatic heterocycles. The number of ether oxygens (including phenoxy) is 1. The number of carbonyl (C=O) groups is 1. The quantitative estimate of drug-likeness (QED) is 0.584. The molecule has 0 saturated heterocycles. The number of carbonyl (C=O) groups excluding carboxylic acids is 1. The van der Waals surface area contributed by atoms with E-state index in [1.54, 1.807) is 6.08 Å². The molecule has 6 nitrogen and oxygen atoms in total. The van der Waals surface area contributed by atoms with Crippen molar-refractivity contribution >= 4 is 35.6 Å². The van der Waals surface area contributed by atoms with Crippen LogP contribution >= 0.6 is 23.5 Å². The first-order chi connectivity index (χ1) is 11.2. The smallest absolute Gasteiger partial charge is 0.416 e. The van der Waals surface area contributed by atoms with E-state index in [1.165, 1.54) is 35.5 Å². The molecule has 0 unspecified atom stereocenters. The van der Waals surface area contributed by atoms with Gasteiger partial charge in [0.15, 0.2) is 10.3 Å². The topological polar surface area (TPSA) is 68.2 Å². The van der Waals surface area contributed by atoms with Crippen LogP contribution in [0, 0.1) is 0 Å². The summed E-state index contributed by atoms with van der Waals surface area (Å²) in [5.74, 6) is 0.245. The van der Waals surface area contributed by atoms with E-state index in [0.717, 1.165) is 4.90 Å². The minimum absolute atomic E-state index is 0.245. The minimum Gasteiger partial charge on any atom is -0.452 e. The Morgan fingerprint density at radius 3 is 2.57 bits per heavy atom. The second-order valence-electron chi connectivity index (χ2n) is 4.19. The normalized spacial score (nSPS) is 10.2. The van der Waals surface area contributed by atoms with Gasteiger partial charge in [-0.25, -0.2) is 9.69 Å². The Bertz CT molecular complexity index is 682. The molecule has 0 atom stereocenters. The molecule has 0 bridgehead atoms. The number of benzene rings is 1. The lowest BCUT2D eigenvalue weighted by atomic mass is 10.4. The van der Waals surface area contributed by atoms with E-state index in [-0.39, 0.29) is 12.5 Å². The Kier molecular flexibility index (Phi) is 6.42. The third kappa shape index (κ3) is 4.70. The van der Waals surface area contributed by atoms with Crippen molar-refractivity contribution in [3.05, 3.63) is 43.0 Å². The van der Waals surface area contributed by atoms with Crippen LogP contribution in [-0.2, 0) is 4.74 Å². The van der Waals surface area contributed by atoms with Crippen LogP contribution in [0.3, 0.4) is 0 Å². The Morgan fingerprint density at radius 2 is 1.96 bits per heavy atom. The van der Waals surface area contributed by atoms with Crippen molar-refractivity contribution in [2.45, 2.75) is 15.2 Å². The highest BCUT2D eigenvalue weighted by molar-refractivity contribution is 7.99. The van der Waals surface area contributed by atoms with Gasteiger partial charge >= 0.3 is 6.09 Å². The van der Waals surface area contributed by atoms with Gasteiger partial charge in [-0.3, -0.25) is 0 Å². The number of anilines is 1. The molecule has 120 valence electrons. The van der Waals surface area contributed by atoms with Gasteiger partial charge in [0.1, 0.15) is 0 Å². The van der Waals surface area contributed by atoms with Gasteiger partial charge in [-0.05, 0) is 30.2 Å². The molecule has 2 rings (SSSR count). The summed E-state index contributed by atoms with van der Waals surface area (Å²) >= 11 is 2.79. The SMILES string of the molecule is C=CCN(C(=O)OC)c1nc(SC)nc(Sc2ccccc2)n1. The van der Waals surface area contributed by atoms with E-state index in [0.29, 0.717) is 10.3 Å². The fourth-order valence-corrected chi connectivity index (χ4v) is 2.83. The Morgan fingerprint density at radius 1 is 1.26 bits per heavy atom. The number of amides is 1.